The predicted molar refractivity (Wildman–Crippen MR) is 116 cm³/mol. The van der Waals surface area contributed by atoms with Crippen LogP contribution < -0.4 is 88.7 Å². The summed E-state index contributed by atoms with van der Waals surface area (Å²) < 4.78 is 128. The van der Waals surface area contributed by atoms with Gasteiger partial charge in [-0.05, 0) is 19.1 Å². The number of nitrogens with zero attached hydrogens (tertiary/aromatic N) is 6. The Hall–Kier alpha value is 0.770. The van der Waals surface area contributed by atoms with Gasteiger partial charge in [0.15, 0.2) is 6.29 Å². The number of methoxy groups -OCH3 is 1. The number of ether oxygens (including phenoxy) is 3. The Morgan fingerprint density at radius 1 is 0.976 bits per heavy atom. The Balaban J connectivity index is 0. The van der Waals surface area contributed by atoms with E-state index >= 15 is 0 Å². The average molecular weight is 692 g/mol. The Morgan fingerprint density at radius 2 is 1.55 bits per heavy atom. The van der Waals surface area contributed by atoms with E-state index in [4.69, 9.17) is 31.7 Å². The van der Waals surface area contributed by atoms with E-state index in [0.717, 1.165) is 6.42 Å². The van der Waals surface area contributed by atoms with E-state index in [0.29, 0.717) is 18.8 Å². The number of aryl methyl sites for hydroxylation is 1. The van der Waals surface area contributed by atoms with Crippen molar-refractivity contribution in [2.45, 2.75) is 51.2 Å². The third kappa shape index (κ3) is 19.3. The van der Waals surface area contributed by atoms with Gasteiger partial charge in [-0.1, -0.05) is 10.4 Å². The first-order valence-corrected chi connectivity index (χ1v) is 14.3. The van der Waals surface area contributed by atoms with Gasteiger partial charge in [-0.3, -0.25) is 19.8 Å². The smallest absolute Gasteiger partial charge is 0.726 e. The quantitative estimate of drug-likeness (QED) is 0.0934. The van der Waals surface area contributed by atoms with Crippen LogP contribution in [0.4, 0.5) is 0 Å². The third-order valence-electron chi connectivity index (χ3n) is 4.29. The van der Waals surface area contributed by atoms with Crippen molar-refractivity contribution < 1.29 is 155 Å². The molecule has 2 aromatic heterocycles. The molecule has 27 heteroatoms. The second kappa shape index (κ2) is 20.1. The standard InChI is InChI=1S/C15H23N6O11S2.3Na.H2O4S/c1-10-6-21(18-16-10)8-12-5-13(31-33(22,23)24)14(32-34(25,26)27)15(30-12)29-9-11-7-20(19-17-11)3-4-28-2;;;;1-5(2,3)4/h5-7,12-15H,3-4,8-9H2,1-2H3,(H,22,23,24)(H,25,26,27);;;;(H2,1,2,3,4)/q-1;3*+1;/p-3/t12-,13-,14-,15+;;;;/m0..../s1. The monoisotopic (exact) mass is 691 g/mol. The summed E-state index contributed by atoms with van der Waals surface area (Å²) in [5, 5.41) is 15.4. The van der Waals surface area contributed by atoms with Crippen LogP contribution in [0.2, 0.25) is 0 Å². The number of aromatic nitrogens is 6. The zero-order valence-corrected chi connectivity index (χ0v) is 31.4. The molecular formula is C15H22N6Na3O15S3-. The molecule has 42 heavy (non-hydrogen) atoms. The molecule has 21 nitrogen and oxygen atoms in total. The second-order valence-corrected chi connectivity index (χ2v) is 10.3. The fraction of sp³-hybridized carbons (Fsp3) is 0.667. The molecule has 1 aliphatic rings. The summed E-state index contributed by atoms with van der Waals surface area (Å²) in [4.78, 5) is 0. The SMILES string of the molecule is COCCn1cc(CO[C@@H]2O[C@H](Cn3cc(C)nn3)[CH-][C@H](OS(=O)(=O)[O-])[C@@H]2OS(=O)(=O)[O-])nn1.O=S(=O)([O-])O.[Na+].[Na+].[Na+]. The fourth-order valence-electron chi connectivity index (χ4n) is 3.00. The van der Waals surface area contributed by atoms with Crippen molar-refractivity contribution in [2.24, 2.45) is 0 Å². The minimum Gasteiger partial charge on any atom is -0.726 e. The molecule has 1 N–H and O–H groups in total. The number of rotatable bonds is 12. The van der Waals surface area contributed by atoms with Crippen molar-refractivity contribution in [1.82, 2.24) is 30.0 Å². The second-order valence-electron chi connectivity index (χ2n) is 7.46. The molecule has 1 fully saturated rings. The molecule has 0 spiro atoms. The van der Waals surface area contributed by atoms with Crippen molar-refractivity contribution in [2.75, 3.05) is 13.7 Å². The van der Waals surface area contributed by atoms with Crippen LogP contribution in [0.5, 0.6) is 0 Å². The van der Waals surface area contributed by atoms with E-state index < -0.39 is 55.8 Å². The van der Waals surface area contributed by atoms with E-state index in [1.807, 2.05) is 0 Å². The van der Waals surface area contributed by atoms with E-state index in [2.05, 4.69) is 29.0 Å². The molecule has 0 radical (unpaired) electrons. The summed E-state index contributed by atoms with van der Waals surface area (Å²) in [6.07, 6.45) is -2.36. The maximum atomic E-state index is 11.3. The zero-order valence-electron chi connectivity index (χ0n) is 22.9. The molecule has 3 heterocycles. The van der Waals surface area contributed by atoms with Gasteiger partial charge in [-0.2, -0.15) is 0 Å². The van der Waals surface area contributed by atoms with E-state index in [-0.39, 0.29) is 108 Å². The molecule has 4 atom stereocenters. The van der Waals surface area contributed by atoms with Crippen LogP contribution in [0.3, 0.4) is 0 Å². The molecule has 3 rings (SSSR count). The number of hydrogen-bond donors (Lipinski definition) is 1. The first kappa shape index (κ1) is 44.9. The maximum absolute atomic E-state index is 11.3. The molecular weight excluding hydrogens is 669 g/mol. The minimum absolute atomic E-state index is 0. The van der Waals surface area contributed by atoms with Crippen LogP contribution in [0.25, 0.3) is 0 Å². The zero-order chi connectivity index (χ0) is 29.4. The van der Waals surface area contributed by atoms with Crippen LogP contribution in [0.15, 0.2) is 12.4 Å². The van der Waals surface area contributed by atoms with E-state index in [9.17, 15) is 25.9 Å². The van der Waals surface area contributed by atoms with Gasteiger partial charge in [0.05, 0.1) is 31.6 Å². The summed E-state index contributed by atoms with van der Waals surface area (Å²) in [6.45, 7) is 2.11. The van der Waals surface area contributed by atoms with Gasteiger partial charge in [0, 0.05) is 19.9 Å². The normalized spacial score (nSPS) is 20.7. The summed E-state index contributed by atoms with van der Waals surface area (Å²) in [6, 6.07) is 0. The van der Waals surface area contributed by atoms with Crippen LogP contribution in [-0.2, 0) is 73.5 Å². The van der Waals surface area contributed by atoms with Gasteiger partial charge in [0.1, 0.15) is 11.8 Å². The molecule has 224 valence electrons. The van der Waals surface area contributed by atoms with E-state index in [1.165, 1.54) is 22.7 Å². The van der Waals surface area contributed by atoms with Gasteiger partial charge < -0.3 is 32.1 Å². The maximum Gasteiger partial charge on any atom is 1.00 e. The molecule has 0 aliphatic carbocycles. The van der Waals surface area contributed by atoms with Crippen molar-refractivity contribution in [1.29, 1.82) is 0 Å². The summed E-state index contributed by atoms with van der Waals surface area (Å²) in [7, 11) is -14.1. The Morgan fingerprint density at radius 3 is 2.05 bits per heavy atom. The average Bonchev–Trinajstić information content (AvgIpc) is 3.38. The fourth-order valence-corrected chi connectivity index (χ4v) is 3.92. The van der Waals surface area contributed by atoms with Crippen molar-refractivity contribution in [3.05, 3.63) is 30.2 Å². The van der Waals surface area contributed by atoms with Crippen LogP contribution in [-0.4, -0.2) is 112 Å². The van der Waals surface area contributed by atoms with Crippen molar-refractivity contribution in [3.63, 3.8) is 0 Å². The Labute approximate surface area is 307 Å². The molecule has 1 aliphatic heterocycles. The topological polar surface area (TPSA) is 299 Å². The summed E-state index contributed by atoms with van der Waals surface area (Å²) >= 11 is 0. The van der Waals surface area contributed by atoms with Crippen molar-refractivity contribution in [3.8, 4) is 0 Å². The van der Waals surface area contributed by atoms with Crippen LogP contribution in [0.1, 0.15) is 11.4 Å². The molecule has 0 aromatic carbocycles. The largest absolute Gasteiger partial charge is 1.00 e. The Bertz CT molecular complexity index is 1380. The summed E-state index contributed by atoms with van der Waals surface area (Å²) in [5.41, 5.74) is 0.865. The molecule has 0 unspecified atom stereocenters. The Kier molecular flexibility index (Phi) is 21.5. The van der Waals surface area contributed by atoms with Crippen LogP contribution >= 0.6 is 0 Å². The molecule has 0 bridgehead atoms. The summed E-state index contributed by atoms with van der Waals surface area (Å²) in [5.74, 6) is 0. The van der Waals surface area contributed by atoms with Gasteiger partial charge in [-0.25, -0.2) is 29.9 Å². The van der Waals surface area contributed by atoms with Gasteiger partial charge in [0.25, 0.3) is 0 Å². The molecule has 0 amide bonds. The van der Waals surface area contributed by atoms with Gasteiger partial charge >= 0.3 is 88.7 Å². The molecule has 1 saturated heterocycles. The van der Waals surface area contributed by atoms with Gasteiger partial charge in [-0.15, -0.1) is 10.2 Å². The number of hydrogen-bond acceptors (Lipinski definition) is 18. The van der Waals surface area contributed by atoms with E-state index in [1.54, 1.807) is 13.1 Å². The first-order valence-electron chi connectivity index (χ1n) is 10.2. The first-order chi connectivity index (χ1) is 17.9. The third-order valence-corrected chi connectivity index (χ3v) is 5.21. The predicted octanol–water partition coefficient (Wildman–Crippen LogP) is -12.3. The minimum atomic E-state index is -5.39. The van der Waals surface area contributed by atoms with Crippen molar-refractivity contribution >= 4 is 31.2 Å². The molecule has 0 saturated carbocycles. The van der Waals surface area contributed by atoms with Gasteiger partial charge in [0.2, 0.25) is 31.2 Å². The van der Waals surface area contributed by atoms with Crippen LogP contribution in [0, 0.1) is 13.3 Å². The molecule has 2 aromatic rings.